The van der Waals surface area contributed by atoms with Crippen molar-refractivity contribution in [2.75, 3.05) is 18.4 Å². The maximum atomic E-state index is 11.4. The van der Waals surface area contributed by atoms with Crippen LogP contribution in [0, 0.1) is 0 Å². The van der Waals surface area contributed by atoms with Crippen molar-refractivity contribution in [3.8, 4) is 0 Å². The molecule has 0 spiro atoms. The summed E-state index contributed by atoms with van der Waals surface area (Å²) in [7, 11) is 0. The van der Waals surface area contributed by atoms with Crippen molar-refractivity contribution in [3.63, 3.8) is 0 Å². The van der Waals surface area contributed by atoms with Gasteiger partial charge in [0.15, 0.2) is 0 Å². The molecule has 2 N–H and O–H groups in total. The van der Waals surface area contributed by atoms with E-state index in [9.17, 15) is 4.79 Å². The second-order valence-corrected chi connectivity index (χ2v) is 4.22. The Labute approximate surface area is 95.7 Å². The second-order valence-electron chi connectivity index (χ2n) is 4.22. The Kier molecular flexibility index (Phi) is 3.62. The van der Waals surface area contributed by atoms with Gasteiger partial charge in [-0.05, 0) is 32.4 Å². The van der Waals surface area contributed by atoms with Crippen molar-refractivity contribution in [1.29, 1.82) is 0 Å². The van der Waals surface area contributed by atoms with Crippen LogP contribution in [0.1, 0.15) is 19.8 Å². The molecule has 16 heavy (non-hydrogen) atoms. The highest BCUT2D eigenvalue weighted by molar-refractivity contribution is 5.40. The summed E-state index contributed by atoms with van der Waals surface area (Å²) in [5.74, 6) is 0. The number of hydrogen-bond donors (Lipinski definition) is 2. The molecule has 4 nitrogen and oxygen atoms in total. The fourth-order valence-corrected chi connectivity index (χ4v) is 2.06. The lowest BCUT2D eigenvalue weighted by Gasteiger charge is -2.13. The number of pyridine rings is 1. The minimum absolute atomic E-state index is 0.0621. The number of anilines is 1. The third kappa shape index (κ3) is 2.64. The maximum Gasteiger partial charge on any atom is 0.250 e. The van der Waals surface area contributed by atoms with E-state index in [2.05, 4.69) is 10.6 Å². The number of hydrogen-bond acceptors (Lipinski definition) is 3. The van der Waals surface area contributed by atoms with Crippen molar-refractivity contribution < 1.29 is 0 Å². The van der Waals surface area contributed by atoms with Crippen LogP contribution in [-0.4, -0.2) is 23.7 Å². The first kappa shape index (κ1) is 11.2. The topological polar surface area (TPSA) is 46.1 Å². The first-order valence-electron chi connectivity index (χ1n) is 5.97. The number of nitrogens with zero attached hydrogens (tertiary/aromatic N) is 1. The Morgan fingerprint density at radius 1 is 1.56 bits per heavy atom. The Balaban J connectivity index is 1.95. The van der Waals surface area contributed by atoms with E-state index in [0.29, 0.717) is 6.04 Å². The molecule has 0 aliphatic carbocycles. The zero-order valence-electron chi connectivity index (χ0n) is 9.70. The molecular weight excluding hydrogens is 202 g/mol. The third-order valence-electron chi connectivity index (χ3n) is 3.04. The predicted molar refractivity (Wildman–Crippen MR) is 65.9 cm³/mol. The van der Waals surface area contributed by atoms with E-state index in [-0.39, 0.29) is 5.56 Å². The van der Waals surface area contributed by atoms with E-state index in [1.165, 1.54) is 12.8 Å². The Morgan fingerprint density at radius 3 is 3.12 bits per heavy atom. The molecule has 0 aromatic carbocycles. The fourth-order valence-electron chi connectivity index (χ4n) is 2.06. The summed E-state index contributed by atoms with van der Waals surface area (Å²) >= 11 is 0. The van der Waals surface area contributed by atoms with Gasteiger partial charge in [0.25, 0.3) is 5.56 Å². The monoisotopic (exact) mass is 221 g/mol. The molecule has 1 fully saturated rings. The van der Waals surface area contributed by atoms with E-state index in [4.69, 9.17) is 0 Å². The molecule has 0 radical (unpaired) electrons. The smallest absolute Gasteiger partial charge is 0.250 e. The number of nitrogens with one attached hydrogen (secondary N) is 2. The lowest BCUT2D eigenvalue weighted by atomic mass is 10.2. The lowest BCUT2D eigenvalue weighted by molar-refractivity contribution is 0.632. The maximum absolute atomic E-state index is 11.4. The van der Waals surface area contributed by atoms with E-state index in [1.807, 2.05) is 19.2 Å². The standard InChI is InChI=1S/C12H19N3O/c1-2-15-9-11(5-6-12(15)16)14-8-10-4-3-7-13-10/h5-6,9-10,13-14H,2-4,7-8H2,1H3. The molecule has 0 saturated carbocycles. The van der Waals surface area contributed by atoms with E-state index >= 15 is 0 Å². The van der Waals surface area contributed by atoms with Gasteiger partial charge in [0.1, 0.15) is 0 Å². The summed E-state index contributed by atoms with van der Waals surface area (Å²) in [6.07, 6.45) is 4.39. The normalized spacial score (nSPS) is 19.9. The van der Waals surface area contributed by atoms with Crippen LogP contribution in [-0.2, 0) is 6.54 Å². The van der Waals surface area contributed by atoms with Gasteiger partial charge in [-0.15, -0.1) is 0 Å². The van der Waals surface area contributed by atoms with Crippen LogP contribution < -0.4 is 16.2 Å². The summed E-state index contributed by atoms with van der Waals surface area (Å²) in [4.78, 5) is 11.4. The van der Waals surface area contributed by atoms with Gasteiger partial charge in [-0.3, -0.25) is 4.79 Å². The Hall–Kier alpha value is -1.29. The molecule has 2 heterocycles. The zero-order chi connectivity index (χ0) is 11.4. The Morgan fingerprint density at radius 2 is 2.44 bits per heavy atom. The van der Waals surface area contributed by atoms with Crippen molar-refractivity contribution in [1.82, 2.24) is 9.88 Å². The first-order chi connectivity index (χ1) is 7.79. The lowest BCUT2D eigenvalue weighted by Crippen LogP contribution is -2.29. The first-order valence-corrected chi connectivity index (χ1v) is 5.97. The molecule has 2 rings (SSSR count). The molecule has 1 atom stereocenters. The third-order valence-corrected chi connectivity index (χ3v) is 3.04. The van der Waals surface area contributed by atoms with Crippen molar-refractivity contribution in [3.05, 3.63) is 28.7 Å². The SMILES string of the molecule is CCn1cc(NCC2CCCN2)ccc1=O. The van der Waals surface area contributed by atoms with Gasteiger partial charge in [0, 0.05) is 31.4 Å². The molecular formula is C12H19N3O. The molecule has 1 saturated heterocycles. The molecule has 1 aliphatic rings. The van der Waals surface area contributed by atoms with Crippen molar-refractivity contribution in [2.45, 2.75) is 32.4 Å². The van der Waals surface area contributed by atoms with Gasteiger partial charge in [-0.2, -0.15) is 0 Å². The number of rotatable bonds is 4. The molecule has 4 heteroatoms. The minimum atomic E-state index is 0.0621. The highest BCUT2D eigenvalue weighted by atomic mass is 16.1. The highest BCUT2D eigenvalue weighted by Gasteiger charge is 2.13. The predicted octanol–water partition coefficient (Wildman–Crippen LogP) is 1.03. The molecule has 1 aliphatic heterocycles. The van der Waals surface area contributed by atoms with Crippen molar-refractivity contribution >= 4 is 5.69 Å². The van der Waals surface area contributed by atoms with E-state index in [0.717, 1.165) is 25.3 Å². The highest BCUT2D eigenvalue weighted by Crippen LogP contribution is 2.08. The van der Waals surface area contributed by atoms with Crippen LogP contribution in [0.5, 0.6) is 0 Å². The van der Waals surface area contributed by atoms with Crippen LogP contribution in [0.3, 0.4) is 0 Å². The van der Waals surface area contributed by atoms with Gasteiger partial charge in [0.05, 0.1) is 5.69 Å². The molecule has 88 valence electrons. The molecule has 0 bridgehead atoms. The number of aromatic nitrogens is 1. The van der Waals surface area contributed by atoms with Crippen LogP contribution >= 0.6 is 0 Å². The van der Waals surface area contributed by atoms with Crippen molar-refractivity contribution in [2.24, 2.45) is 0 Å². The van der Waals surface area contributed by atoms with E-state index in [1.54, 1.807) is 10.6 Å². The van der Waals surface area contributed by atoms with E-state index < -0.39 is 0 Å². The average Bonchev–Trinajstić information content (AvgIpc) is 2.81. The van der Waals surface area contributed by atoms with Gasteiger partial charge in [-0.1, -0.05) is 0 Å². The molecule has 0 amide bonds. The summed E-state index contributed by atoms with van der Waals surface area (Å²) < 4.78 is 1.71. The van der Waals surface area contributed by atoms with Crippen LogP contribution in [0.15, 0.2) is 23.1 Å². The summed E-state index contributed by atoms with van der Waals surface area (Å²) in [5, 5.41) is 6.80. The quantitative estimate of drug-likeness (QED) is 0.798. The molecule has 1 aromatic heterocycles. The Bertz CT molecular complexity index is 393. The zero-order valence-corrected chi connectivity index (χ0v) is 9.70. The summed E-state index contributed by atoms with van der Waals surface area (Å²) in [6, 6.07) is 4.04. The molecule has 1 aromatic rings. The van der Waals surface area contributed by atoms with Crippen LogP contribution in [0.4, 0.5) is 5.69 Å². The summed E-state index contributed by atoms with van der Waals surface area (Å²) in [5.41, 5.74) is 1.09. The minimum Gasteiger partial charge on any atom is -0.382 e. The van der Waals surface area contributed by atoms with Gasteiger partial charge < -0.3 is 15.2 Å². The van der Waals surface area contributed by atoms with Crippen LogP contribution in [0.2, 0.25) is 0 Å². The molecule has 1 unspecified atom stereocenters. The average molecular weight is 221 g/mol. The van der Waals surface area contributed by atoms with Gasteiger partial charge >= 0.3 is 0 Å². The van der Waals surface area contributed by atoms with Gasteiger partial charge in [-0.25, -0.2) is 0 Å². The van der Waals surface area contributed by atoms with Gasteiger partial charge in [0.2, 0.25) is 0 Å². The summed E-state index contributed by atoms with van der Waals surface area (Å²) in [6.45, 7) is 4.75. The number of aryl methyl sites for hydroxylation is 1. The fraction of sp³-hybridized carbons (Fsp3) is 0.583. The second kappa shape index (κ2) is 5.16. The largest absolute Gasteiger partial charge is 0.382 e. The van der Waals surface area contributed by atoms with Crippen LogP contribution in [0.25, 0.3) is 0 Å².